The molecule has 1 aliphatic heterocycles. The minimum atomic E-state index is -3.94. The summed E-state index contributed by atoms with van der Waals surface area (Å²) in [5.74, 6) is -0.515. The van der Waals surface area contributed by atoms with E-state index in [0.29, 0.717) is 11.1 Å². The number of carbonyl (C=O) groups excluding carboxylic acids is 1. The van der Waals surface area contributed by atoms with Crippen molar-refractivity contribution >= 4 is 16.0 Å². The Morgan fingerprint density at radius 3 is 2.43 bits per heavy atom. The van der Waals surface area contributed by atoms with Crippen molar-refractivity contribution in [2.24, 2.45) is 5.41 Å². The Balaban J connectivity index is 1.99. The number of cyclic esters (lactones) is 1. The number of rotatable bonds is 6. The zero-order valence-electron chi connectivity index (χ0n) is 16.3. The molecule has 1 aliphatic rings. The average molecular weight is 404 g/mol. The van der Waals surface area contributed by atoms with Crippen LogP contribution in [0, 0.1) is 5.41 Å². The molecule has 6 nitrogen and oxygen atoms in total. The highest BCUT2D eigenvalue weighted by Crippen LogP contribution is 2.31. The van der Waals surface area contributed by atoms with Crippen molar-refractivity contribution in [3.05, 3.63) is 65.2 Å². The van der Waals surface area contributed by atoms with Gasteiger partial charge in [-0.2, -0.15) is 4.31 Å². The van der Waals surface area contributed by atoms with Gasteiger partial charge in [-0.3, -0.25) is 0 Å². The monoisotopic (exact) mass is 403 g/mol. The summed E-state index contributed by atoms with van der Waals surface area (Å²) < 4.78 is 33.3. The maximum atomic E-state index is 13.5. The number of sulfonamides is 1. The number of esters is 1. The lowest BCUT2D eigenvalue weighted by Crippen LogP contribution is -2.40. The lowest BCUT2D eigenvalue weighted by atomic mass is 9.97. The first-order valence-electron chi connectivity index (χ1n) is 9.12. The van der Waals surface area contributed by atoms with Gasteiger partial charge in [0.15, 0.2) is 0 Å². The van der Waals surface area contributed by atoms with Crippen LogP contribution in [0.5, 0.6) is 0 Å². The van der Waals surface area contributed by atoms with Crippen molar-refractivity contribution in [1.82, 2.24) is 4.31 Å². The third-order valence-electron chi connectivity index (χ3n) is 4.53. The molecule has 0 amide bonds. The van der Waals surface area contributed by atoms with Crippen molar-refractivity contribution in [1.29, 1.82) is 0 Å². The molecule has 7 heteroatoms. The number of aliphatic hydroxyl groups is 1. The van der Waals surface area contributed by atoms with Gasteiger partial charge in [0.05, 0.1) is 16.6 Å². The summed E-state index contributed by atoms with van der Waals surface area (Å²) in [6.45, 7) is 5.89. The summed E-state index contributed by atoms with van der Waals surface area (Å²) in [7, 11) is -3.94. The van der Waals surface area contributed by atoms with Crippen molar-refractivity contribution in [2.45, 2.75) is 38.4 Å². The smallest absolute Gasteiger partial charge is 0.338 e. The molecule has 0 spiro atoms. The van der Waals surface area contributed by atoms with Crippen LogP contribution in [0.4, 0.5) is 0 Å². The van der Waals surface area contributed by atoms with Crippen molar-refractivity contribution in [2.75, 3.05) is 13.1 Å². The fourth-order valence-corrected chi connectivity index (χ4v) is 5.16. The molecule has 0 radical (unpaired) electrons. The SMILES string of the molecule is CC(C)(C)CN(C[C@@H](O)c1ccccc1)S(=O)(=O)c1cccc2c1COC2=O. The van der Waals surface area contributed by atoms with Gasteiger partial charge in [0.25, 0.3) is 0 Å². The number of nitrogens with zero attached hydrogens (tertiary/aromatic N) is 1. The predicted octanol–water partition coefficient (Wildman–Crippen LogP) is 3.13. The van der Waals surface area contributed by atoms with Crippen LogP contribution in [0.3, 0.4) is 0 Å². The standard InChI is InChI=1S/C21H25NO5S/c1-21(2,3)14-22(12-18(23)15-8-5-4-6-9-15)28(25,26)19-11-7-10-16-17(19)13-27-20(16)24/h4-11,18,23H,12-14H2,1-3H3/t18-/m1/s1. The molecule has 0 aromatic heterocycles. The van der Waals surface area contributed by atoms with E-state index in [1.54, 1.807) is 36.4 Å². The van der Waals surface area contributed by atoms with Crippen LogP contribution < -0.4 is 0 Å². The van der Waals surface area contributed by atoms with Crippen LogP contribution in [0.2, 0.25) is 0 Å². The van der Waals surface area contributed by atoms with Gasteiger partial charge in [-0.15, -0.1) is 0 Å². The van der Waals surface area contributed by atoms with Gasteiger partial charge < -0.3 is 9.84 Å². The Morgan fingerprint density at radius 2 is 1.79 bits per heavy atom. The van der Waals surface area contributed by atoms with Gasteiger partial charge >= 0.3 is 5.97 Å². The zero-order valence-corrected chi connectivity index (χ0v) is 17.1. The molecule has 28 heavy (non-hydrogen) atoms. The molecule has 0 aliphatic carbocycles. The second-order valence-electron chi connectivity index (χ2n) is 8.14. The molecule has 1 N–H and O–H groups in total. The van der Waals surface area contributed by atoms with Crippen LogP contribution in [-0.2, 0) is 21.4 Å². The summed E-state index contributed by atoms with van der Waals surface area (Å²) in [4.78, 5) is 11.9. The summed E-state index contributed by atoms with van der Waals surface area (Å²) in [6.07, 6.45) is -0.965. The van der Waals surface area contributed by atoms with Gasteiger partial charge in [0.2, 0.25) is 10.0 Å². The van der Waals surface area contributed by atoms with Gasteiger partial charge in [-0.1, -0.05) is 57.2 Å². The quantitative estimate of drug-likeness (QED) is 0.749. The Hall–Kier alpha value is -2.22. The topological polar surface area (TPSA) is 83.9 Å². The maximum absolute atomic E-state index is 13.5. The maximum Gasteiger partial charge on any atom is 0.338 e. The number of hydrogen-bond acceptors (Lipinski definition) is 5. The molecule has 0 bridgehead atoms. The molecular weight excluding hydrogens is 378 g/mol. The lowest BCUT2D eigenvalue weighted by molar-refractivity contribution is 0.0534. The number of ether oxygens (including phenoxy) is 1. The first-order chi connectivity index (χ1) is 13.1. The Labute approximate surface area is 165 Å². The van der Waals surface area contributed by atoms with Gasteiger partial charge in [0.1, 0.15) is 6.61 Å². The van der Waals surface area contributed by atoms with Crippen LogP contribution in [0.1, 0.15) is 48.4 Å². The van der Waals surface area contributed by atoms with E-state index < -0.39 is 22.1 Å². The highest BCUT2D eigenvalue weighted by atomic mass is 32.2. The first kappa shape index (κ1) is 20.5. The summed E-state index contributed by atoms with van der Waals surface area (Å²) in [5, 5.41) is 10.6. The van der Waals surface area contributed by atoms with E-state index in [1.807, 2.05) is 26.8 Å². The second kappa shape index (κ2) is 7.66. The Kier molecular flexibility index (Phi) is 5.61. The van der Waals surface area contributed by atoms with Crippen molar-refractivity contribution in [3.63, 3.8) is 0 Å². The molecule has 0 fully saturated rings. The van der Waals surface area contributed by atoms with Crippen LogP contribution in [-0.4, -0.2) is 36.9 Å². The molecule has 2 aromatic rings. The fraction of sp³-hybridized carbons (Fsp3) is 0.381. The van der Waals surface area contributed by atoms with E-state index in [4.69, 9.17) is 4.74 Å². The van der Waals surface area contributed by atoms with E-state index in [1.165, 1.54) is 10.4 Å². The fourth-order valence-electron chi connectivity index (χ4n) is 3.25. The van der Waals surface area contributed by atoms with E-state index in [2.05, 4.69) is 0 Å². The lowest BCUT2D eigenvalue weighted by Gasteiger charge is -2.31. The van der Waals surface area contributed by atoms with Gasteiger partial charge in [-0.05, 0) is 23.1 Å². The zero-order chi connectivity index (χ0) is 20.5. The van der Waals surface area contributed by atoms with E-state index in [-0.39, 0.29) is 35.6 Å². The highest BCUT2D eigenvalue weighted by Gasteiger charge is 2.35. The molecule has 150 valence electrons. The normalized spacial score (nSPS) is 15.4. The minimum Gasteiger partial charge on any atom is -0.457 e. The summed E-state index contributed by atoms with van der Waals surface area (Å²) in [5.41, 5.74) is 0.975. The van der Waals surface area contributed by atoms with Crippen LogP contribution in [0.15, 0.2) is 53.4 Å². The van der Waals surface area contributed by atoms with E-state index >= 15 is 0 Å². The molecule has 0 saturated carbocycles. The number of fused-ring (bicyclic) bond motifs is 1. The second-order valence-corrected chi connectivity index (χ2v) is 10.0. The third-order valence-corrected chi connectivity index (χ3v) is 6.43. The van der Waals surface area contributed by atoms with E-state index in [0.717, 1.165) is 0 Å². The van der Waals surface area contributed by atoms with Crippen LogP contribution >= 0.6 is 0 Å². The van der Waals surface area contributed by atoms with E-state index in [9.17, 15) is 18.3 Å². The molecule has 1 atom stereocenters. The molecule has 1 heterocycles. The highest BCUT2D eigenvalue weighted by molar-refractivity contribution is 7.89. The molecule has 3 rings (SSSR count). The van der Waals surface area contributed by atoms with Crippen molar-refractivity contribution < 1.29 is 23.1 Å². The molecule has 0 unspecified atom stereocenters. The number of hydrogen-bond donors (Lipinski definition) is 1. The number of carbonyl (C=O) groups is 1. The number of aliphatic hydroxyl groups excluding tert-OH is 1. The van der Waals surface area contributed by atoms with Crippen molar-refractivity contribution in [3.8, 4) is 0 Å². The first-order valence-corrected chi connectivity index (χ1v) is 10.6. The minimum absolute atomic E-state index is 0.0559. The summed E-state index contributed by atoms with van der Waals surface area (Å²) >= 11 is 0. The Bertz CT molecular complexity index is 964. The average Bonchev–Trinajstić information content (AvgIpc) is 3.02. The Morgan fingerprint density at radius 1 is 1.11 bits per heavy atom. The third kappa shape index (κ3) is 4.27. The van der Waals surface area contributed by atoms with Gasteiger partial charge in [-0.25, -0.2) is 13.2 Å². The predicted molar refractivity (Wildman–Crippen MR) is 105 cm³/mol. The largest absolute Gasteiger partial charge is 0.457 e. The van der Waals surface area contributed by atoms with Gasteiger partial charge in [0, 0.05) is 18.7 Å². The molecule has 0 saturated heterocycles. The number of benzene rings is 2. The molecule has 2 aromatic carbocycles. The molecular formula is C21H25NO5S. The summed E-state index contributed by atoms with van der Waals surface area (Å²) in [6, 6.07) is 13.6. The van der Waals surface area contributed by atoms with Crippen LogP contribution in [0.25, 0.3) is 0 Å².